The van der Waals surface area contributed by atoms with Gasteiger partial charge < -0.3 is 14.7 Å². The second-order valence-electron chi connectivity index (χ2n) is 7.71. The lowest BCUT2D eigenvalue weighted by molar-refractivity contribution is -0.192. The van der Waals surface area contributed by atoms with E-state index in [1.54, 1.807) is 19.0 Å². The number of halogens is 4. The Morgan fingerprint density at radius 1 is 1.30 bits per heavy atom. The van der Waals surface area contributed by atoms with Crippen LogP contribution < -0.4 is 0 Å². The molecule has 2 heterocycles. The Bertz CT molecular complexity index is 745. The van der Waals surface area contributed by atoms with E-state index in [1.807, 2.05) is 18.2 Å². The Balaban J connectivity index is 0.000000396. The van der Waals surface area contributed by atoms with Gasteiger partial charge in [-0.1, -0.05) is 29.8 Å². The molecule has 1 N–H and O–H groups in total. The molecule has 6 nitrogen and oxygen atoms in total. The summed E-state index contributed by atoms with van der Waals surface area (Å²) in [5.74, 6) is -1.55. The van der Waals surface area contributed by atoms with Crippen molar-refractivity contribution in [2.24, 2.45) is 11.8 Å². The zero-order valence-electron chi connectivity index (χ0n) is 16.9. The molecule has 3 atom stereocenters. The average Bonchev–Trinajstić information content (AvgIpc) is 3.05. The number of ether oxygens (including phenoxy) is 1. The monoisotopic (exact) mass is 450 g/mol. The fraction of sp³-hybridized carbons (Fsp3) is 0.600. The number of likely N-dealkylation sites (tertiary alicyclic amines) is 1. The van der Waals surface area contributed by atoms with Gasteiger partial charge in [-0.2, -0.15) is 13.2 Å². The van der Waals surface area contributed by atoms with Crippen molar-refractivity contribution in [2.45, 2.75) is 31.7 Å². The second kappa shape index (κ2) is 10.5. The van der Waals surface area contributed by atoms with Crippen LogP contribution >= 0.6 is 11.6 Å². The lowest BCUT2D eigenvalue weighted by Crippen LogP contribution is -2.41. The van der Waals surface area contributed by atoms with Crippen molar-refractivity contribution in [1.29, 1.82) is 0 Å². The lowest BCUT2D eigenvalue weighted by Gasteiger charge is -2.35. The molecule has 10 heteroatoms. The van der Waals surface area contributed by atoms with Crippen molar-refractivity contribution >= 4 is 23.5 Å². The van der Waals surface area contributed by atoms with E-state index in [-0.39, 0.29) is 12.0 Å². The highest BCUT2D eigenvalue weighted by atomic mass is 35.5. The molecule has 1 aromatic rings. The number of benzene rings is 1. The molecular weight excluding hydrogens is 425 g/mol. The Hall–Kier alpha value is -1.84. The number of aliphatic carboxylic acids is 1. The molecule has 2 aliphatic rings. The predicted octanol–water partition coefficient (Wildman–Crippen LogP) is 3.29. The van der Waals surface area contributed by atoms with Crippen molar-refractivity contribution < 1.29 is 32.6 Å². The van der Waals surface area contributed by atoms with E-state index in [0.717, 1.165) is 37.7 Å². The third-order valence-corrected chi connectivity index (χ3v) is 5.72. The number of amides is 1. The van der Waals surface area contributed by atoms with E-state index in [0.29, 0.717) is 18.3 Å². The van der Waals surface area contributed by atoms with Gasteiger partial charge in [0.1, 0.15) is 0 Å². The van der Waals surface area contributed by atoms with E-state index < -0.39 is 12.1 Å². The number of alkyl halides is 3. The van der Waals surface area contributed by atoms with Gasteiger partial charge >= 0.3 is 12.1 Å². The molecule has 3 rings (SSSR count). The third-order valence-electron chi connectivity index (χ3n) is 5.35. The molecule has 0 spiro atoms. The molecular formula is C20H26ClF3N2O4. The first kappa shape index (κ1) is 24.4. The molecule has 168 valence electrons. The predicted molar refractivity (Wildman–Crippen MR) is 105 cm³/mol. The molecule has 2 fully saturated rings. The van der Waals surface area contributed by atoms with Crippen molar-refractivity contribution in [3.05, 3.63) is 34.9 Å². The van der Waals surface area contributed by atoms with Crippen LogP contribution in [0.2, 0.25) is 5.02 Å². The number of carbonyl (C=O) groups is 2. The van der Waals surface area contributed by atoms with E-state index in [1.165, 1.54) is 5.56 Å². The number of piperidine rings is 1. The summed E-state index contributed by atoms with van der Waals surface area (Å²) in [7, 11) is 3.61. The van der Waals surface area contributed by atoms with Crippen LogP contribution in [0.15, 0.2) is 24.3 Å². The largest absolute Gasteiger partial charge is 0.490 e. The van der Waals surface area contributed by atoms with Crippen LogP contribution in [-0.2, 0) is 20.9 Å². The molecule has 2 aliphatic heterocycles. The Morgan fingerprint density at radius 3 is 2.50 bits per heavy atom. The maximum atomic E-state index is 11.9. The van der Waals surface area contributed by atoms with Crippen molar-refractivity contribution in [1.82, 2.24) is 9.80 Å². The van der Waals surface area contributed by atoms with Crippen molar-refractivity contribution in [2.75, 3.05) is 33.8 Å². The normalized spacial score (nSPS) is 23.9. The van der Waals surface area contributed by atoms with Crippen LogP contribution in [-0.4, -0.2) is 72.9 Å². The van der Waals surface area contributed by atoms with Gasteiger partial charge in [0.2, 0.25) is 5.91 Å². The highest BCUT2D eigenvalue weighted by Gasteiger charge is 2.41. The lowest BCUT2D eigenvalue weighted by atomic mass is 9.83. The first-order valence-corrected chi connectivity index (χ1v) is 9.94. The van der Waals surface area contributed by atoms with E-state index in [4.69, 9.17) is 26.2 Å². The number of carbonyl (C=O) groups excluding carboxylic acids is 1. The number of hydrogen-bond acceptors (Lipinski definition) is 4. The molecule has 0 bridgehead atoms. The average molecular weight is 451 g/mol. The first-order valence-electron chi connectivity index (χ1n) is 9.56. The van der Waals surface area contributed by atoms with Gasteiger partial charge in [-0.25, -0.2) is 4.79 Å². The Morgan fingerprint density at radius 2 is 1.93 bits per heavy atom. The molecule has 0 aliphatic carbocycles. The van der Waals surface area contributed by atoms with Crippen LogP contribution in [0.1, 0.15) is 18.4 Å². The van der Waals surface area contributed by atoms with Crippen LogP contribution in [0, 0.1) is 11.8 Å². The summed E-state index contributed by atoms with van der Waals surface area (Å²) in [4.78, 5) is 24.9. The zero-order chi connectivity index (χ0) is 22.5. The summed E-state index contributed by atoms with van der Waals surface area (Å²) in [5.41, 5.74) is 1.19. The summed E-state index contributed by atoms with van der Waals surface area (Å²) < 4.78 is 37.7. The van der Waals surface area contributed by atoms with Crippen molar-refractivity contribution in [3.8, 4) is 0 Å². The minimum Gasteiger partial charge on any atom is -0.475 e. The van der Waals surface area contributed by atoms with E-state index in [9.17, 15) is 18.0 Å². The highest BCUT2D eigenvalue weighted by molar-refractivity contribution is 6.31. The van der Waals surface area contributed by atoms with E-state index in [2.05, 4.69) is 11.0 Å². The van der Waals surface area contributed by atoms with Gasteiger partial charge in [-0.05, 0) is 30.5 Å². The fourth-order valence-corrected chi connectivity index (χ4v) is 3.93. The summed E-state index contributed by atoms with van der Waals surface area (Å²) >= 11 is 6.27. The van der Waals surface area contributed by atoms with Gasteiger partial charge in [0.15, 0.2) is 0 Å². The quantitative estimate of drug-likeness (QED) is 0.762. The standard InChI is InChI=1S/C18H25ClN2O2.C2HF3O2/c1-20(2)18(22)9-17-15-7-8-21(11-14(15)12-23-17)10-13-5-3-4-6-16(13)19;3-2(4,5)1(6)7/h3-6,14-15,17H,7-12H2,1-2H3;(H,6,7)/t14-,15-,17-;/m1./s1. The summed E-state index contributed by atoms with van der Waals surface area (Å²) in [5, 5.41) is 7.96. The third kappa shape index (κ3) is 6.85. The maximum absolute atomic E-state index is 11.9. The van der Waals surface area contributed by atoms with Crippen LogP contribution in [0.5, 0.6) is 0 Å². The Labute approximate surface area is 178 Å². The molecule has 30 heavy (non-hydrogen) atoms. The number of carboxylic acids is 1. The van der Waals surface area contributed by atoms with Crippen LogP contribution in [0.25, 0.3) is 0 Å². The molecule has 0 radical (unpaired) electrons. The van der Waals surface area contributed by atoms with E-state index >= 15 is 0 Å². The topological polar surface area (TPSA) is 70.1 Å². The molecule has 0 saturated carbocycles. The summed E-state index contributed by atoms with van der Waals surface area (Å²) in [6, 6.07) is 8.05. The smallest absolute Gasteiger partial charge is 0.475 e. The minimum absolute atomic E-state index is 0.0948. The molecule has 1 amide bonds. The minimum atomic E-state index is -5.08. The number of rotatable bonds is 4. The van der Waals surface area contributed by atoms with Crippen molar-refractivity contribution in [3.63, 3.8) is 0 Å². The van der Waals surface area contributed by atoms with Crippen LogP contribution in [0.4, 0.5) is 13.2 Å². The SMILES string of the molecule is CN(C)C(=O)C[C@H]1OC[C@H]2CN(Cc3ccccc3Cl)CC[C@H]21.O=C(O)C(F)(F)F. The Kier molecular flexibility index (Phi) is 8.52. The first-order chi connectivity index (χ1) is 14.0. The van der Waals surface area contributed by atoms with Gasteiger partial charge in [0.25, 0.3) is 0 Å². The van der Waals surface area contributed by atoms with Gasteiger partial charge in [-0.15, -0.1) is 0 Å². The second-order valence-corrected chi connectivity index (χ2v) is 8.11. The number of nitrogens with zero attached hydrogens (tertiary/aromatic N) is 2. The van der Waals surface area contributed by atoms with Gasteiger partial charge in [-0.3, -0.25) is 9.69 Å². The highest BCUT2D eigenvalue weighted by Crippen LogP contribution is 2.36. The number of fused-ring (bicyclic) bond motifs is 1. The van der Waals surface area contributed by atoms with Gasteiger partial charge in [0.05, 0.1) is 19.1 Å². The molecule has 2 saturated heterocycles. The molecule has 0 unspecified atom stereocenters. The maximum Gasteiger partial charge on any atom is 0.490 e. The summed E-state index contributed by atoms with van der Waals surface area (Å²) in [6.07, 6.45) is -3.38. The number of hydrogen-bond donors (Lipinski definition) is 1. The fourth-order valence-electron chi connectivity index (χ4n) is 3.74. The number of carboxylic acid groups (broad SMARTS) is 1. The van der Waals surface area contributed by atoms with Gasteiger partial charge in [0, 0.05) is 38.1 Å². The van der Waals surface area contributed by atoms with Crippen LogP contribution in [0.3, 0.4) is 0 Å². The molecule has 1 aromatic carbocycles. The zero-order valence-corrected chi connectivity index (χ0v) is 17.6. The molecule has 0 aromatic heterocycles. The summed E-state index contributed by atoms with van der Waals surface area (Å²) in [6.45, 7) is 3.74.